The minimum Gasteiger partial charge on any atom is -0.303 e. The summed E-state index contributed by atoms with van der Waals surface area (Å²) in [5, 5.41) is 11.4. The number of carbonyl (C=O) groups is 1. The maximum absolute atomic E-state index is 13.6. The summed E-state index contributed by atoms with van der Waals surface area (Å²) in [6.45, 7) is 1.70. The van der Waals surface area contributed by atoms with Crippen LogP contribution in [0.15, 0.2) is 64.1 Å². The van der Waals surface area contributed by atoms with Crippen LogP contribution in [0.25, 0.3) is 0 Å². The second kappa shape index (κ2) is 9.27. The van der Waals surface area contributed by atoms with Gasteiger partial charge in [-0.2, -0.15) is 0 Å². The Morgan fingerprint density at radius 3 is 2.50 bits per heavy atom. The van der Waals surface area contributed by atoms with Crippen LogP contribution in [0.4, 0.5) is 11.4 Å². The van der Waals surface area contributed by atoms with Gasteiger partial charge in [-0.05, 0) is 77.2 Å². The van der Waals surface area contributed by atoms with Crippen molar-refractivity contribution in [2.45, 2.75) is 37.1 Å². The molecule has 176 valence electrons. The second-order valence-electron chi connectivity index (χ2n) is 8.42. The van der Waals surface area contributed by atoms with Gasteiger partial charge < -0.3 is 4.90 Å². The molecule has 0 atom stereocenters. The minimum absolute atomic E-state index is 0.00928. The van der Waals surface area contributed by atoms with Crippen LogP contribution < -0.4 is 4.90 Å². The lowest BCUT2D eigenvalue weighted by molar-refractivity contribution is -0.385. The maximum atomic E-state index is 13.6. The van der Waals surface area contributed by atoms with E-state index in [0.29, 0.717) is 21.5 Å². The van der Waals surface area contributed by atoms with Crippen molar-refractivity contribution < 1.29 is 18.1 Å². The molecule has 0 spiro atoms. The molecule has 1 aliphatic carbocycles. The Morgan fingerprint density at radius 2 is 1.91 bits per heavy atom. The largest absolute Gasteiger partial charge is 0.303 e. The highest BCUT2D eigenvalue weighted by atomic mass is 79.9. The van der Waals surface area contributed by atoms with E-state index < -0.39 is 20.7 Å². The smallest absolute Gasteiger partial charge is 0.283 e. The SMILES string of the molecule is Cc1ccc(N(Cc2ccc(Br)c([N+](=O)[O-])c2)C(=O)c2ccc(C3CC3)nc2)c(S(C)(=O)=O)c1. The number of amides is 1. The predicted molar refractivity (Wildman–Crippen MR) is 132 cm³/mol. The Morgan fingerprint density at radius 1 is 1.18 bits per heavy atom. The van der Waals surface area contributed by atoms with E-state index in [-0.39, 0.29) is 22.8 Å². The fourth-order valence-corrected chi connectivity index (χ4v) is 5.04. The highest BCUT2D eigenvalue weighted by Crippen LogP contribution is 2.39. The number of anilines is 1. The Kier molecular flexibility index (Phi) is 6.55. The number of halogens is 1. The number of nitro groups is 1. The molecule has 0 saturated heterocycles. The first-order valence-corrected chi connectivity index (χ1v) is 13.2. The molecular weight excluding hydrogens is 522 g/mol. The molecule has 0 bridgehead atoms. The first kappa shape index (κ1) is 24.0. The van der Waals surface area contributed by atoms with Gasteiger partial charge in [-0.3, -0.25) is 19.9 Å². The molecule has 1 aromatic heterocycles. The van der Waals surface area contributed by atoms with Crippen molar-refractivity contribution in [3.05, 3.63) is 91.7 Å². The topological polar surface area (TPSA) is 110 Å². The summed E-state index contributed by atoms with van der Waals surface area (Å²) in [5.41, 5.74) is 2.49. The van der Waals surface area contributed by atoms with E-state index in [0.717, 1.165) is 30.4 Å². The van der Waals surface area contributed by atoms with Crippen LogP contribution in [0.3, 0.4) is 0 Å². The van der Waals surface area contributed by atoms with Gasteiger partial charge in [0.1, 0.15) is 0 Å². The van der Waals surface area contributed by atoms with Crippen molar-refractivity contribution in [3.63, 3.8) is 0 Å². The molecule has 4 rings (SSSR count). The number of nitrogens with zero attached hydrogens (tertiary/aromatic N) is 3. The molecule has 0 N–H and O–H groups in total. The Bertz CT molecular complexity index is 1390. The third kappa shape index (κ3) is 5.18. The number of sulfone groups is 1. The van der Waals surface area contributed by atoms with Gasteiger partial charge in [-0.25, -0.2) is 8.42 Å². The number of aromatic nitrogens is 1. The quantitative estimate of drug-likeness (QED) is 0.299. The molecule has 3 aromatic rings. The van der Waals surface area contributed by atoms with E-state index in [2.05, 4.69) is 20.9 Å². The number of hydrogen-bond donors (Lipinski definition) is 0. The molecule has 0 unspecified atom stereocenters. The zero-order chi connectivity index (χ0) is 24.6. The molecule has 34 heavy (non-hydrogen) atoms. The van der Waals surface area contributed by atoms with Crippen molar-refractivity contribution in [1.29, 1.82) is 0 Å². The van der Waals surface area contributed by atoms with E-state index in [1.165, 1.54) is 29.3 Å². The molecule has 0 aliphatic heterocycles. The van der Waals surface area contributed by atoms with Gasteiger partial charge in [0.25, 0.3) is 11.6 Å². The standard InChI is InChI=1S/C24H22BrN3O5S/c1-15-3-10-21(23(11-15)34(2,32)33)27(14-16-4-8-19(25)22(12-16)28(30)31)24(29)18-7-9-20(26-13-18)17-5-6-17/h3-4,7-13,17H,5-6,14H2,1-2H3. The van der Waals surface area contributed by atoms with Crippen LogP contribution in [0.5, 0.6) is 0 Å². The maximum Gasteiger partial charge on any atom is 0.283 e. The van der Waals surface area contributed by atoms with Crippen molar-refractivity contribution in [3.8, 4) is 0 Å². The lowest BCUT2D eigenvalue weighted by Crippen LogP contribution is -2.32. The summed E-state index contributed by atoms with van der Waals surface area (Å²) in [7, 11) is -3.67. The molecule has 10 heteroatoms. The van der Waals surface area contributed by atoms with Crippen LogP contribution in [0.1, 0.15) is 45.9 Å². The first-order chi connectivity index (χ1) is 16.0. The third-order valence-corrected chi connectivity index (χ3v) is 7.42. The Labute approximate surface area is 205 Å². The van der Waals surface area contributed by atoms with Crippen LogP contribution in [0, 0.1) is 17.0 Å². The Hall–Kier alpha value is -3.11. The van der Waals surface area contributed by atoms with E-state index in [1.807, 2.05) is 6.07 Å². The second-order valence-corrected chi connectivity index (χ2v) is 11.3. The molecule has 1 aliphatic rings. The summed E-state index contributed by atoms with van der Waals surface area (Å²) in [5.74, 6) is -0.0216. The lowest BCUT2D eigenvalue weighted by Gasteiger charge is -2.25. The van der Waals surface area contributed by atoms with Crippen LogP contribution in [-0.4, -0.2) is 30.5 Å². The molecule has 1 amide bonds. The fourth-order valence-electron chi connectivity index (χ4n) is 3.70. The van der Waals surface area contributed by atoms with Gasteiger partial charge in [0.05, 0.1) is 32.1 Å². The van der Waals surface area contributed by atoms with Crippen molar-refractivity contribution >= 4 is 43.0 Å². The van der Waals surface area contributed by atoms with Crippen LogP contribution in [0.2, 0.25) is 0 Å². The van der Waals surface area contributed by atoms with Crippen molar-refractivity contribution in [2.24, 2.45) is 0 Å². The lowest BCUT2D eigenvalue weighted by atomic mass is 10.1. The minimum atomic E-state index is -3.67. The zero-order valence-corrected chi connectivity index (χ0v) is 21.0. The predicted octanol–water partition coefficient (Wildman–Crippen LogP) is 5.19. The monoisotopic (exact) mass is 543 g/mol. The van der Waals surface area contributed by atoms with Crippen LogP contribution in [-0.2, 0) is 16.4 Å². The zero-order valence-electron chi connectivity index (χ0n) is 18.6. The number of pyridine rings is 1. The van der Waals surface area contributed by atoms with E-state index in [1.54, 1.807) is 31.2 Å². The molecule has 0 radical (unpaired) electrons. The molecule has 8 nitrogen and oxygen atoms in total. The highest BCUT2D eigenvalue weighted by molar-refractivity contribution is 9.10. The number of benzene rings is 2. The molecule has 1 heterocycles. The number of nitro benzene ring substituents is 1. The number of rotatable bonds is 7. The molecule has 2 aromatic carbocycles. The molecular formula is C24H22BrN3O5S. The fraction of sp³-hybridized carbons (Fsp3) is 0.250. The molecule has 1 saturated carbocycles. The molecule has 1 fully saturated rings. The van der Waals surface area contributed by atoms with E-state index in [4.69, 9.17) is 0 Å². The summed E-state index contributed by atoms with van der Waals surface area (Å²) in [6.07, 6.45) is 4.75. The summed E-state index contributed by atoms with van der Waals surface area (Å²) in [6, 6.07) is 12.9. The summed E-state index contributed by atoms with van der Waals surface area (Å²) in [4.78, 5) is 30.3. The number of aryl methyl sites for hydroxylation is 1. The van der Waals surface area contributed by atoms with Gasteiger partial charge in [0, 0.05) is 30.1 Å². The van der Waals surface area contributed by atoms with E-state index >= 15 is 0 Å². The van der Waals surface area contributed by atoms with Gasteiger partial charge in [-0.1, -0.05) is 12.1 Å². The van der Waals surface area contributed by atoms with Crippen molar-refractivity contribution in [1.82, 2.24) is 4.98 Å². The first-order valence-electron chi connectivity index (χ1n) is 10.6. The van der Waals surface area contributed by atoms with Crippen molar-refractivity contribution in [2.75, 3.05) is 11.2 Å². The van der Waals surface area contributed by atoms with Crippen LogP contribution >= 0.6 is 15.9 Å². The number of carbonyl (C=O) groups excluding carboxylic acids is 1. The van der Waals surface area contributed by atoms with Gasteiger partial charge in [0.2, 0.25) is 0 Å². The average Bonchev–Trinajstić information content (AvgIpc) is 3.63. The normalized spacial score (nSPS) is 13.5. The summed E-state index contributed by atoms with van der Waals surface area (Å²) < 4.78 is 25.5. The van der Waals surface area contributed by atoms with E-state index in [9.17, 15) is 23.3 Å². The highest BCUT2D eigenvalue weighted by Gasteiger charge is 2.28. The third-order valence-electron chi connectivity index (χ3n) is 5.63. The van der Waals surface area contributed by atoms with Gasteiger partial charge >= 0.3 is 0 Å². The van der Waals surface area contributed by atoms with Gasteiger partial charge in [-0.15, -0.1) is 0 Å². The summed E-state index contributed by atoms with van der Waals surface area (Å²) >= 11 is 3.17. The van der Waals surface area contributed by atoms with Gasteiger partial charge in [0.15, 0.2) is 9.84 Å². The number of hydrogen-bond acceptors (Lipinski definition) is 6. The Balaban J connectivity index is 1.81. The average molecular weight is 544 g/mol.